The minimum absolute atomic E-state index is 0.107. The molecule has 1 saturated heterocycles. The van der Waals surface area contributed by atoms with Crippen molar-refractivity contribution in [2.75, 3.05) is 19.6 Å². The third-order valence-corrected chi connectivity index (χ3v) is 3.94. The van der Waals surface area contributed by atoms with Crippen LogP contribution >= 0.6 is 0 Å². The van der Waals surface area contributed by atoms with E-state index in [1.54, 1.807) is 18.2 Å². The molecule has 114 valence electrons. The molecule has 0 unspecified atom stereocenters. The average Bonchev–Trinajstić information content (AvgIpc) is 2.49. The van der Waals surface area contributed by atoms with Gasteiger partial charge in [-0.3, -0.25) is 9.69 Å². The summed E-state index contributed by atoms with van der Waals surface area (Å²) in [6.07, 6.45) is 7.00. The maximum absolute atomic E-state index is 12.8. The first-order chi connectivity index (χ1) is 10.1. The Balaban J connectivity index is 1.70. The molecule has 1 aromatic rings. The van der Waals surface area contributed by atoms with Crippen LogP contribution in [0, 0.1) is 5.82 Å². The monoisotopic (exact) mass is 290 g/mol. The molecule has 1 aromatic carbocycles. The molecule has 1 amide bonds. The Morgan fingerprint density at radius 3 is 2.86 bits per heavy atom. The van der Waals surface area contributed by atoms with Gasteiger partial charge in [0.05, 0.1) is 0 Å². The Bertz CT molecular complexity index is 484. The van der Waals surface area contributed by atoms with Crippen LogP contribution in [0.4, 0.5) is 4.39 Å². The molecule has 0 spiro atoms. The van der Waals surface area contributed by atoms with Gasteiger partial charge in [-0.05, 0) is 50.1 Å². The molecule has 21 heavy (non-hydrogen) atoms. The third kappa shape index (κ3) is 5.31. The number of amides is 1. The third-order valence-electron chi connectivity index (χ3n) is 3.94. The van der Waals surface area contributed by atoms with Crippen molar-refractivity contribution < 1.29 is 9.18 Å². The van der Waals surface area contributed by atoms with Crippen molar-refractivity contribution in [2.45, 2.75) is 32.2 Å². The highest BCUT2D eigenvalue weighted by Crippen LogP contribution is 2.15. The summed E-state index contributed by atoms with van der Waals surface area (Å²) in [6.45, 7) is 4.94. The fraction of sp³-hybridized carbons (Fsp3) is 0.471. The van der Waals surface area contributed by atoms with E-state index in [2.05, 4.69) is 17.1 Å². The maximum atomic E-state index is 12.8. The lowest BCUT2D eigenvalue weighted by Crippen LogP contribution is -2.42. The van der Waals surface area contributed by atoms with Crippen LogP contribution in [0.2, 0.25) is 0 Å². The van der Waals surface area contributed by atoms with Crippen molar-refractivity contribution in [3.8, 4) is 0 Å². The van der Waals surface area contributed by atoms with E-state index in [4.69, 9.17) is 0 Å². The Labute approximate surface area is 125 Å². The summed E-state index contributed by atoms with van der Waals surface area (Å²) in [5, 5.41) is 2.89. The van der Waals surface area contributed by atoms with E-state index < -0.39 is 0 Å². The number of carbonyl (C=O) groups is 1. The molecular formula is C17H23FN2O. The molecule has 3 nitrogen and oxygen atoms in total. The van der Waals surface area contributed by atoms with Gasteiger partial charge < -0.3 is 5.32 Å². The van der Waals surface area contributed by atoms with Crippen molar-refractivity contribution in [2.24, 2.45) is 0 Å². The highest BCUT2D eigenvalue weighted by Gasteiger charge is 2.17. The second-order valence-electron chi connectivity index (χ2n) is 5.56. The van der Waals surface area contributed by atoms with Crippen molar-refractivity contribution in [1.82, 2.24) is 10.2 Å². The van der Waals surface area contributed by atoms with Crippen molar-refractivity contribution >= 4 is 12.0 Å². The van der Waals surface area contributed by atoms with Crippen molar-refractivity contribution in [3.05, 3.63) is 41.7 Å². The van der Waals surface area contributed by atoms with Gasteiger partial charge in [0.15, 0.2) is 0 Å². The van der Waals surface area contributed by atoms with Crippen LogP contribution in [0.5, 0.6) is 0 Å². The zero-order valence-electron chi connectivity index (χ0n) is 12.5. The number of likely N-dealkylation sites (tertiary alicyclic amines) is 1. The summed E-state index contributed by atoms with van der Waals surface area (Å²) in [7, 11) is 0. The molecule has 1 fully saturated rings. The standard InChI is InChI=1S/C17H23FN2O/c1-14-4-2-3-12-20(14)13-11-19-17(21)10-7-15-5-8-16(18)9-6-15/h5-10,14H,2-4,11-13H2,1H3,(H,19,21)/b10-7+/t14-/m1/s1. The number of nitrogens with one attached hydrogen (secondary N) is 1. The van der Waals surface area contributed by atoms with Gasteiger partial charge in [0.2, 0.25) is 5.91 Å². The minimum Gasteiger partial charge on any atom is -0.351 e. The highest BCUT2D eigenvalue weighted by molar-refractivity contribution is 5.91. The normalized spacial score (nSPS) is 19.8. The summed E-state index contributed by atoms with van der Waals surface area (Å²) in [6, 6.07) is 6.68. The summed E-state index contributed by atoms with van der Waals surface area (Å²) in [4.78, 5) is 14.1. The van der Waals surface area contributed by atoms with Gasteiger partial charge in [-0.2, -0.15) is 0 Å². The molecule has 2 rings (SSSR count). The van der Waals surface area contributed by atoms with Crippen LogP contribution in [0.3, 0.4) is 0 Å². The molecule has 0 radical (unpaired) electrons. The van der Waals surface area contributed by atoms with Gasteiger partial charge in [-0.1, -0.05) is 18.6 Å². The van der Waals surface area contributed by atoms with E-state index >= 15 is 0 Å². The molecule has 1 aliphatic rings. The van der Waals surface area contributed by atoms with Crippen LogP contribution in [0.15, 0.2) is 30.3 Å². The molecule has 0 bridgehead atoms. The number of halogens is 1. The smallest absolute Gasteiger partial charge is 0.244 e. The second kappa shape index (κ2) is 7.93. The van der Waals surface area contributed by atoms with Gasteiger partial charge in [0, 0.05) is 25.2 Å². The second-order valence-corrected chi connectivity index (χ2v) is 5.56. The zero-order chi connectivity index (χ0) is 15.1. The highest BCUT2D eigenvalue weighted by atomic mass is 19.1. The lowest BCUT2D eigenvalue weighted by atomic mass is 10.0. The van der Waals surface area contributed by atoms with Crippen LogP contribution < -0.4 is 5.32 Å². The number of benzene rings is 1. The first-order valence-corrected chi connectivity index (χ1v) is 7.60. The van der Waals surface area contributed by atoms with Gasteiger partial charge in [-0.15, -0.1) is 0 Å². The van der Waals surface area contributed by atoms with Crippen molar-refractivity contribution in [3.63, 3.8) is 0 Å². The van der Waals surface area contributed by atoms with E-state index in [-0.39, 0.29) is 11.7 Å². The Morgan fingerprint density at radius 2 is 2.14 bits per heavy atom. The number of rotatable bonds is 5. The molecule has 1 N–H and O–H groups in total. The average molecular weight is 290 g/mol. The summed E-state index contributed by atoms with van der Waals surface area (Å²) >= 11 is 0. The lowest BCUT2D eigenvalue weighted by Gasteiger charge is -2.33. The zero-order valence-corrected chi connectivity index (χ0v) is 12.5. The molecule has 1 aliphatic heterocycles. The minimum atomic E-state index is -0.271. The number of nitrogens with zero attached hydrogens (tertiary/aromatic N) is 1. The number of hydrogen-bond donors (Lipinski definition) is 1. The van der Waals surface area contributed by atoms with Crippen LogP contribution in [0.25, 0.3) is 6.08 Å². The molecule has 4 heteroatoms. The lowest BCUT2D eigenvalue weighted by molar-refractivity contribution is -0.116. The van der Waals surface area contributed by atoms with Crippen molar-refractivity contribution in [1.29, 1.82) is 0 Å². The van der Waals surface area contributed by atoms with E-state index in [0.717, 1.165) is 18.7 Å². The predicted molar refractivity (Wildman–Crippen MR) is 83.3 cm³/mol. The van der Waals surface area contributed by atoms with Gasteiger partial charge in [0.25, 0.3) is 0 Å². The summed E-state index contributed by atoms with van der Waals surface area (Å²) in [5.74, 6) is -0.378. The summed E-state index contributed by atoms with van der Waals surface area (Å²) < 4.78 is 12.8. The number of carbonyl (C=O) groups excluding carboxylic acids is 1. The van der Waals surface area contributed by atoms with Crippen LogP contribution in [0.1, 0.15) is 31.7 Å². The number of piperidine rings is 1. The largest absolute Gasteiger partial charge is 0.351 e. The Hall–Kier alpha value is -1.68. The van der Waals surface area contributed by atoms with Gasteiger partial charge >= 0.3 is 0 Å². The topological polar surface area (TPSA) is 32.3 Å². The molecule has 1 atom stereocenters. The van der Waals surface area contributed by atoms with Crippen LogP contribution in [-0.2, 0) is 4.79 Å². The fourth-order valence-electron chi connectivity index (χ4n) is 2.62. The molecule has 1 heterocycles. The molecule has 0 aromatic heterocycles. The van der Waals surface area contributed by atoms with E-state index in [0.29, 0.717) is 12.6 Å². The Morgan fingerprint density at radius 1 is 1.38 bits per heavy atom. The van der Waals surface area contributed by atoms with E-state index in [1.165, 1.54) is 37.5 Å². The first-order valence-electron chi connectivity index (χ1n) is 7.60. The van der Waals surface area contributed by atoms with Gasteiger partial charge in [0.1, 0.15) is 5.82 Å². The SMILES string of the molecule is C[C@@H]1CCCCN1CCNC(=O)/C=C/c1ccc(F)cc1. The van der Waals surface area contributed by atoms with E-state index in [1.807, 2.05) is 0 Å². The summed E-state index contributed by atoms with van der Waals surface area (Å²) in [5.41, 5.74) is 0.816. The first kappa shape index (κ1) is 15.7. The van der Waals surface area contributed by atoms with E-state index in [9.17, 15) is 9.18 Å². The maximum Gasteiger partial charge on any atom is 0.244 e. The fourth-order valence-corrected chi connectivity index (χ4v) is 2.62. The quantitative estimate of drug-likeness (QED) is 0.846. The Kier molecular flexibility index (Phi) is 5.93. The van der Waals surface area contributed by atoms with Crippen LogP contribution in [-0.4, -0.2) is 36.5 Å². The predicted octanol–water partition coefficient (Wildman–Crippen LogP) is 2.83. The van der Waals surface area contributed by atoms with Gasteiger partial charge in [-0.25, -0.2) is 4.39 Å². The molecule has 0 aliphatic carbocycles. The molecule has 0 saturated carbocycles. The number of hydrogen-bond acceptors (Lipinski definition) is 2. The molecular weight excluding hydrogens is 267 g/mol.